The van der Waals surface area contributed by atoms with Crippen molar-refractivity contribution in [3.63, 3.8) is 0 Å². The third kappa shape index (κ3) is 4.61. The minimum atomic E-state index is -0.796. The maximum absolute atomic E-state index is 12.2. The van der Waals surface area contributed by atoms with E-state index in [1.807, 2.05) is 0 Å². The van der Waals surface area contributed by atoms with Crippen molar-refractivity contribution >= 4 is 17.9 Å². The molecule has 118 valence electrons. The van der Waals surface area contributed by atoms with Crippen LogP contribution in [0.4, 0.5) is 4.79 Å². The van der Waals surface area contributed by atoms with Crippen LogP contribution in [0.5, 0.6) is 0 Å². The van der Waals surface area contributed by atoms with E-state index in [1.165, 1.54) is 0 Å². The number of aliphatic carboxylic acids is 1. The SMILES string of the molecule is O=C(O)CCC1CCCN(C(=O)NC2CCCNC2=O)C1. The van der Waals surface area contributed by atoms with Crippen LogP contribution in [0.15, 0.2) is 0 Å². The van der Waals surface area contributed by atoms with Gasteiger partial charge >= 0.3 is 12.0 Å². The number of hydrogen-bond acceptors (Lipinski definition) is 3. The Balaban J connectivity index is 1.81. The molecular formula is C14H23N3O4. The summed E-state index contributed by atoms with van der Waals surface area (Å²) in [6, 6.07) is -0.650. The number of rotatable bonds is 4. The number of carboxylic acid groups (broad SMARTS) is 1. The first-order chi connectivity index (χ1) is 10.1. The van der Waals surface area contributed by atoms with Crippen molar-refractivity contribution in [2.45, 2.75) is 44.6 Å². The van der Waals surface area contributed by atoms with E-state index in [0.29, 0.717) is 32.5 Å². The molecule has 2 unspecified atom stereocenters. The molecule has 2 aliphatic rings. The Kier molecular flexibility index (Phi) is 5.41. The Morgan fingerprint density at radius 1 is 1.33 bits per heavy atom. The molecule has 7 nitrogen and oxygen atoms in total. The van der Waals surface area contributed by atoms with Gasteiger partial charge in [-0.3, -0.25) is 9.59 Å². The van der Waals surface area contributed by atoms with Crippen molar-refractivity contribution in [1.82, 2.24) is 15.5 Å². The number of carbonyl (C=O) groups is 3. The molecule has 0 saturated carbocycles. The lowest BCUT2D eigenvalue weighted by Crippen LogP contribution is -2.55. The first-order valence-electron chi connectivity index (χ1n) is 7.61. The van der Waals surface area contributed by atoms with Crippen molar-refractivity contribution in [3.05, 3.63) is 0 Å². The quantitative estimate of drug-likeness (QED) is 0.705. The molecule has 21 heavy (non-hydrogen) atoms. The van der Waals surface area contributed by atoms with Crippen molar-refractivity contribution in [2.75, 3.05) is 19.6 Å². The van der Waals surface area contributed by atoms with Gasteiger partial charge in [0.2, 0.25) is 5.91 Å². The van der Waals surface area contributed by atoms with E-state index in [9.17, 15) is 14.4 Å². The number of amides is 3. The van der Waals surface area contributed by atoms with Gasteiger partial charge in [0.15, 0.2) is 0 Å². The smallest absolute Gasteiger partial charge is 0.318 e. The van der Waals surface area contributed by atoms with Gasteiger partial charge in [0.1, 0.15) is 6.04 Å². The van der Waals surface area contributed by atoms with Gasteiger partial charge in [-0.15, -0.1) is 0 Å². The molecule has 3 N–H and O–H groups in total. The standard InChI is InChI=1S/C14H23N3O4/c18-12(19)6-5-10-3-2-8-17(9-10)14(21)16-11-4-1-7-15-13(11)20/h10-11H,1-9H2,(H,15,20)(H,16,21)(H,18,19). The van der Waals surface area contributed by atoms with Crippen LogP contribution in [-0.4, -0.2) is 53.6 Å². The minimum Gasteiger partial charge on any atom is -0.481 e. The molecule has 3 amide bonds. The molecule has 0 aromatic rings. The third-order valence-electron chi connectivity index (χ3n) is 4.16. The summed E-state index contributed by atoms with van der Waals surface area (Å²) >= 11 is 0. The van der Waals surface area contributed by atoms with E-state index in [1.54, 1.807) is 4.90 Å². The highest BCUT2D eigenvalue weighted by molar-refractivity contribution is 5.87. The number of likely N-dealkylation sites (tertiary alicyclic amines) is 1. The van der Waals surface area contributed by atoms with Gasteiger partial charge < -0.3 is 20.6 Å². The lowest BCUT2D eigenvalue weighted by atomic mass is 9.93. The summed E-state index contributed by atoms with van der Waals surface area (Å²) in [5.74, 6) is -0.676. The van der Waals surface area contributed by atoms with Crippen molar-refractivity contribution in [3.8, 4) is 0 Å². The summed E-state index contributed by atoms with van der Waals surface area (Å²) in [7, 11) is 0. The fourth-order valence-electron chi connectivity index (χ4n) is 2.96. The van der Waals surface area contributed by atoms with Crippen LogP contribution >= 0.6 is 0 Å². The van der Waals surface area contributed by atoms with E-state index in [0.717, 1.165) is 19.3 Å². The van der Waals surface area contributed by atoms with Crippen LogP contribution in [-0.2, 0) is 9.59 Å². The summed E-state index contributed by atoms with van der Waals surface area (Å²) in [4.78, 5) is 36.2. The van der Waals surface area contributed by atoms with E-state index in [-0.39, 0.29) is 24.3 Å². The fourth-order valence-corrected chi connectivity index (χ4v) is 2.96. The molecule has 0 bridgehead atoms. The summed E-state index contributed by atoms with van der Waals surface area (Å²) in [5.41, 5.74) is 0. The molecule has 0 spiro atoms. The number of carbonyl (C=O) groups excluding carboxylic acids is 2. The van der Waals surface area contributed by atoms with Crippen molar-refractivity contribution < 1.29 is 19.5 Å². The van der Waals surface area contributed by atoms with Crippen LogP contribution in [0.2, 0.25) is 0 Å². The molecule has 2 fully saturated rings. The van der Waals surface area contributed by atoms with Crippen LogP contribution in [0, 0.1) is 5.92 Å². The van der Waals surface area contributed by atoms with Crippen molar-refractivity contribution in [2.24, 2.45) is 5.92 Å². The van der Waals surface area contributed by atoms with Gasteiger partial charge in [-0.1, -0.05) is 0 Å². The topological polar surface area (TPSA) is 98.7 Å². The highest BCUT2D eigenvalue weighted by Gasteiger charge is 2.28. The van der Waals surface area contributed by atoms with Gasteiger partial charge in [-0.2, -0.15) is 0 Å². The molecule has 2 rings (SSSR count). The van der Waals surface area contributed by atoms with E-state index < -0.39 is 12.0 Å². The lowest BCUT2D eigenvalue weighted by molar-refractivity contribution is -0.137. The number of nitrogens with zero attached hydrogens (tertiary/aromatic N) is 1. The first-order valence-corrected chi connectivity index (χ1v) is 7.61. The second-order valence-electron chi connectivity index (χ2n) is 5.82. The van der Waals surface area contributed by atoms with Gasteiger partial charge in [0.25, 0.3) is 0 Å². The normalized spacial score (nSPS) is 26.1. The molecule has 7 heteroatoms. The van der Waals surface area contributed by atoms with Crippen molar-refractivity contribution in [1.29, 1.82) is 0 Å². The van der Waals surface area contributed by atoms with Gasteiger partial charge in [-0.25, -0.2) is 4.79 Å². The predicted molar refractivity (Wildman–Crippen MR) is 75.7 cm³/mol. The molecule has 2 atom stereocenters. The Morgan fingerprint density at radius 3 is 2.86 bits per heavy atom. The predicted octanol–water partition coefficient (Wildman–Crippen LogP) is 0.551. The van der Waals surface area contributed by atoms with E-state index in [2.05, 4.69) is 10.6 Å². The fraction of sp³-hybridized carbons (Fsp3) is 0.786. The van der Waals surface area contributed by atoms with Gasteiger partial charge in [-0.05, 0) is 38.0 Å². The second kappa shape index (κ2) is 7.28. The summed E-state index contributed by atoms with van der Waals surface area (Å²) in [5, 5.41) is 14.3. The molecule has 0 aliphatic carbocycles. The number of urea groups is 1. The number of hydrogen-bond donors (Lipinski definition) is 3. The number of piperidine rings is 2. The minimum absolute atomic E-state index is 0.117. The molecule has 2 aliphatic heterocycles. The Labute approximate surface area is 124 Å². The molecule has 2 saturated heterocycles. The number of carboxylic acids is 1. The summed E-state index contributed by atoms with van der Waals surface area (Å²) in [6.07, 6.45) is 4.13. The average Bonchev–Trinajstić information content (AvgIpc) is 2.48. The lowest BCUT2D eigenvalue weighted by Gasteiger charge is -2.34. The molecular weight excluding hydrogens is 274 g/mol. The maximum atomic E-state index is 12.2. The van der Waals surface area contributed by atoms with E-state index >= 15 is 0 Å². The Hall–Kier alpha value is -1.79. The first kappa shape index (κ1) is 15.6. The molecule has 0 aromatic heterocycles. The highest BCUT2D eigenvalue weighted by atomic mass is 16.4. The van der Waals surface area contributed by atoms with Crippen LogP contribution in [0.3, 0.4) is 0 Å². The molecule has 0 aromatic carbocycles. The monoisotopic (exact) mass is 297 g/mol. The summed E-state index contributed by atoms with van der Waals surface area (Å²) in [6.45, 7) is 1.92. The Bertz CT molecular complexity index is 413. The van der Waals surface area contributed by atoms with E-state index in [4.69, 9.17) is 5.11 Å². The maximum Gasteiger partial charge on any atom is 0.318 e. The highest BCUT2D eigenvalue weighted by Crippen LogP contribution is 2.21. The zero-order valence-corrected chi connectivity index (χ0v) is 12.1. The van der Waals surface area contributed by atoms with Crippen LogP contribution < -0.4 is 10.6 Å². The van der Waals surface area contributed by atoms with Crippen LogP contribution in [0.1, 0.15) is 38.5 Å². The van der Waals surface area contributed by atoms with Crippen LogP contribution in [0.25, 0.3) is 0 Å². The third-order valence-corrected chi connectivity index (χ3v) is 4.16. The number of nitrogens with one attached hydrogen (secondary N) is 2. The van der Waals surface area contributed by atoms with Gasteiger partial charge in [0, 0.05) is 26.1 Å². The molecule has 0 radical (unpaired) electrons. The second-order valence-corrected chi connectivity index (χ2v) is 5.82. The summed E-state index contributed by atoms with van der Waals surface area (Å²) < 4.78 is 0. The Morgan fingerprint density at radius 2 is 2.14 bits per heavy atom. The largest absolute Gasteiger partial charge is 0.481 e. The molecule has 2 heterocycles. The van der Waals surface area contributed by atoms with Gasteiger partial charge in [0.05, 0.1) is 0 Å². The average molecular weight is 297 g/mol. The zero-order chi connectivity index (χ0) is 15.2. The zero-order valence-electron chi connectivity index (χ0n) is 12.1.